The van der Waals surface area contributed by atoms with Crippen molar-refractivity contribution in [3.05, 3.63) is 42.1 Å². The Balaban J connectivity index is 2.24. The summed E-state index contributed by atoms with van der Waals surface area (Å²) in [6.07, 6.45) is -4.72. The second kappa shape index (κ2) is 6.13. The third kappa shape index (κ3) is 3.60. The van der Waals surface area contributed by atoms with Crippen LogP contribution >= 0.6 is 0 Å². The molecule has 2 rings (SSSR count). The molecule has 2 aromatic rings. The number of benzene rings is 1. The standard InChI is InChI=1S/C15H14F3NO3/c1-3-21-14(20)13-9-8-12(19(13)2)10-4-6-11(7-5-10)22-15(16,17)18/h4-9H,3H2,1-2H3. The number of rotatable bonds is 4. The van der Waals surface area contributed by atoms with Crippen LogP contribution in [0, 0.1) is 0 Å². The Kier molecular flexibility index (Phi) is 4.44. The molecule has 0 unspecified atom stereocenters. The Morgan fingerprint density at radius 3 is 2.32 bits per heavy atom. The number of hydrogen-bond donors (Lipinski definition) is 0. The summed E-state index contributed by atoms with van der Waals surface area (Å²) >= 11 is 0. The van der Waals surface area contributed by atoms with Gasteiger partial charge in [0.2, 0.25) is 0 Å². The lowest BCUT2D eigenvalue weighted by atomic mass is 10.1. The van der Waals surface area contributed by atoms with Crippen LogP contribution in [0.4, 0.5) is 13.2 Å². The van der Waals surface area contributed by atoms with Crippen LogP contribution in [0.2, 0.25) is 0 Å². The lowest BCUT2D eigenvalue weighted by Crippen LogP contribution is -2.16. The van der Waals surface area contributed by atoms with Gasteiger partial charge in [0.15, 0.2) is 0 Å². The van der Waals surface area contributed by atoms with Crippen LogP contribution in [0.25, 0.3) is 11.3 Å². The highest BCUT2D eigenvalue weighted by atomic mass is 19.4. The lowest BCUT2D eigenvalue weighted by molar-refractivity contribution is -0.274. The Bertz CT molecular complexity index is 660. The molecule has 0 atom stereocenters. The molecule has 4 nitrogen and oxygen atoms in total. The van der Waals surface area contributed by atoms with Gasteiger partial charge >= 0.3 is 12.3 Å². The van der Waals surface area contributed by atoms with E-state index in [9.17, 15) is 18.0 Å². The third-order valence-electron chi connectivity index (χ3n) is 2.99. The summed E-state index contributed by atoms with van der Waals surface area (Å²) in [5.74, 6) is -0.746. The number of halogens is 3. The van der Waals surface area contributed by atoms with Crippen molar-refractivity contribution in [2.45, 2.75) is 13.3 Å². The number of nitrogens with zero attached hydrogens (tertiary/aromatic N) is 1. The van der Waals surface area contributed by atoms with Crippen molar-refractivity contribution >= 4 is 5.97 Å². The number of alkyl halides is 3. The molecule has 0 spiro atoms. The fraction of sp³-hybridized carbons (Fsp3) is 0.267. The van der Waals surface area contributed by atoms with Crippen LogP contribution in [0.3, 0.4) is 0 Å². The normalized spacial score (nSPS) is 11.3. The van der Waals surface area contributed by atoms with Crippen molar-refractivity contribution in [2.75, 3.05) is 6.61 Å². The van der Waals surface area contributed by atoms with Gasteiger partial charge in [0.1, 0.15) is 11.4 Å². The average Bonchev–Trinajstić information content (AvgIpc) is 2.80. The summed E-state index contributed by atoms with van der Waals surface area (Å²) in [4.78, 5) is 11.7. The van der Waals surface area contributed by atoms with E-state index in [0.717, 1.165) is 0 Å². The lowest BCUT2D eigenvalue weighted by Gasteiger charge is -2.10. The highest BCUT2D eigenvalue weighted by Gasteiger charge is 2.31. The summed E-state index contributed by atoms with van der Waals surface area (Å²) in [5.41, 5.74) is 1.71. The topological polar surface area (TPSA) is 40.5 Å². The minimum atomic E-state index is -4.72. The van der Waals surface area contributed by atoms with E-state index in [4.69, 9.17) is 4.74 Å². The van der Waals surface area contributed by atoms with E-state index in [1.165, 1.54) is 24.3 Å². The zero-order valence-electron chi connectivity index (χ0n) is 12.0. The molecule has 0 N–H and O–H groups in total. The Morgan fingerprint density at radius 1 is 1.14 bits per heavy atom. The molecule has 0 aliphatic rings. The first kappa shape index (κ1) is 15.9. The minimum Gasteiger partial charge on any atom is -0.461 e. The Hall–Kier alpha value is -2.44. The van der Waals surface area contributed by atoms with Gasteiger partial charge in [0.25, 0.3) is 0 Å². The predicted octanol–water partition coefficient (Wildman–Crippen LogP) is 3.77. The van der Waals surface area contributed by atoms with Gasteiger partial charge in [-0.25, -0.2) is 4.79 Å². The molecule has 22 heavy (non-hydrogen) atoms. The number of carbonyl (C=O) groups excluding carboxylic acids is 1. The summed E-state index contributed by atoms with van der Waals surface area (Å²) in [6, 6.07) is 8.73. The number of ether oxygens (including phenoxy) is 2. The molecular weight excluding hydrogens is 299 g/mol. The van der Waals surface area contributed by atoms with Crippen molar-refractivity contribution < 1.29 is 27.4 Å². The van der Waals surface area contributed by atoms with E-state index in [2.05, 4.69) is 4.74 Å². The summed E-state index contributed by atoms with van der Waals surface area (Å²) < 4.78 is 46.7. The predicted molar refractivity (Wildman–Crippen MR) is 73.5 cm³/mol. The van der Waals surface area contributed by atoms with Crippen molar-refractivity contribution in [3.8, 4) is 17.0 Å². The molecule has 0 aliphatic heterocycles. The molecule has 0 amide bonds. The molecule has 0 saturated heterocycles. The molecule has 1 heterocycles. The highest BCUT2D eigenvalue weighted by molar-refractivity contribution is 5.89. The maximum Gasteiger partial charge on any atom is 0.573 e. The molecule has 118 valence electrons. The van der Waals surface area contributed by atoms with Gasteiger partial charge in [-0.3, -0.25) is 0 Å². The quantitative estimate of drug-likeness (QED) is 0.807. The van der Waals surface area contributed by atoms with Crippen molar-refractivity contribution in [3.63, 3.8) is 0 Å². The van der Waals surface area contributed by atoms with E-state index in [0.29, 0.717) is 17.0 Å². The van der Waals surface area contributed by atoms with Gasteiger partial charge in [-0.15, -0.1) is 13.2 Å². The van der Waals surface area contributed by atoms with Crippen LogP contribution in [0.5, 0.6) is 5.75 Å². The fourth-order valence-electron chi connectivity index (χ4n) is 2.04. The van der Waals surface area contributed by atoms with E-state index >= 15 is 0 Å². The van der Waals surface area contributed by atoms with Gasteiger partial charge in [0, 0.05) is 12.7 Å². The molecule has 1 aromatic heterocycles. The van der Waals surface area contributed by atoms with E-state index in [1.807, 2.05) is 0 Å². The van der Waals surface area contributed by atoms with Crippen molar-refractivity contribution in [1.29, 1.82) is 0 Å². The monoisotopic (exact) mass is 313 g/mol. The molecule has 0 saturated carbocycles. The Labute approximate surface area is 125 Å². The van der Waals surface area contributed by atoms with Gasteiger partial charge in [0.05, 0.1) is 6.61 Å². The van der Waals surface area contributed by atoms with Crippen molar-refractivity contribution in [2.24, 2.45) is 7.05 Å². The summed E-state index contributed by atoms with van der Waals surface area (Å²) in [5, 5.41) is 0. The summed E-state index contributed by atoms with van der Waals surface area (Å²) in [6.45, 7) is 1.98. The Morgan fingerprint density at radius 2 is 1.77 bits per heavy atom. The van der Waals surface area contributed by atoms with Gasteiger partial charge in [-0.2, -0.15) is 0 Å². The van der Waals surface area contributed by atoms with Gasteiger partial charge < -0.3 is 14.0 Å². The highest BCUT2D eigenvalue weighted by Crippen LogP contribution is 2.27. The molecule has 7 heteroatoms. The minimum absolute atomic E-state index is 0.267. The number of hydrogen-bond acceptors (Lipinski definition) is 3. The average molecular weight is 313 g/mol. The number of aromatic nitrogens is 1. The van der Waals surface area contributed by atoms with E-state index < -0.39 is 12.3 Å². The first-order valence-corrected chi connectivity index (χ1v) is 6.51. The molecular formula is C15H14F3NO3. The van der Waals surface area contributed by atoms with Crippen LogP contribution in [-0.2, 0) is 11.8 Å². The molecule has 0 aliphatic carbocycles. The maximum absolute atomic E-state index is 12.1. The summed E-state index contributed by atoms with van der Waals surface area (Å²) in [7, 11) is 1.68. The molecule has 0 radical (unpaired) electrons. The van der Waals surface area contributed by atoms with Crippen LogP contribution in [-0.4, -0.2) is 23.5 Å². The molecule has 0 bridgehead atoms. The number of esters is 1. The van der Waals surface area contributed by atoms with Crippen LogP contribution in [0.15, 0.2) is 36.4 Å². The second-order valence-corrected chi connectivity index (χ2v) is 4.46. The van der Waals surface area contributed by atoms with E-state index in [-0.39, 0.29) is 12.4 Å². The zero-order chi connectivity index (χ0) is 16.3. The SMILES string of the molecule is CCOC(=O)c1ccc(-c2ccc(OC(F)(F)F)cc2)n1C. The first-order chi connectivity index (χ1) is 10.3. The number of carbonyl (C=O) groups is 1. The van der Waals surface area contributed by atoms with Gasteiger partial charge in [-0.1, -0.05) is 0 Å². The first-order valence-electron chi connectivity index (χ1n) is 6.51. The third-order valence-corrected chi connectivity index (χ3v) is 2.99. The molecule has 1 aromatic carbocycles. The van der Waals surface area contributed by atoms with E-state index in [1.54, 1.807) is 30.7 Å². The largest absolute Gasteiger partial charge is 0.573 e. The maximum atomic E-state index is 12.1. The van der Waals surface area contributed by atoms with Crippen LogP contribution in [0.1, 0.15) is 17.4 Å². The second-order valence-electron chi connectivity index (χ2n) is 4.46. The molecule has 0 fully saturated rings. The van der Waals surface area contributed by atoms with Crippen molar-refractivity contribution in [1.82, 2.24) is 4.57 Å². The zero-order valence-corrected chi connectivity index (χ0v) is 12.0. The van der Waals surface area contributed by atoms with Gasteiger partial charge in [-0.05, 0) is 48.9 Å². The van der Waals surface area contributed by atoms with Crippen LogP contribution < -0.4 is 4.74 Å². The fourth-order valence-corrected chi connectivity index (χ4v) is 2.04. The smallest absolute Gasteiger partial charge is 0.461 e.